The lowest BCUT2D eigenvalue weighted by Gasteiger charge is -2.16. The number of aromatic nitrogens is 1. The number of hydrogen-bond acceptors (Lipinski definition) is 5. The van der Waals surface area contributed by atoms with Gasteiger partial charge < -0.3 is 19.3 Å². The molecule has 140 valence electrons. The molecule has 1 aromatic heterocycles. The van der Waals surface area contributed by atoms with Gasteiger partial charge in [-0.25, -0.2) is 0 Å². The van der Waals surface area contributed by atoms with Gasteiger partial charge in [0.05, 0.1) is 17.7 Å². The minimum atomic E-state index is -0.849. The second-order valence-corrected chi connectivity index (χ2v) is 6.22. The topological polar surface area (TPSA) is 92.9 Å². The van der Waals surface area contributed by atoms with Gasteiger partial charge in [-0.15, -0.1) is 0 Å². The second kappa shape index (κ2) is 9.03. The highest BCUT2D eigenvalue weighted by Crippen LogP contribution is 2.18. The van der Waals surface area contributed by atoms with Crippen molar-refractivity contribution in [2.24, 2.45) is 0 Å². The number of rotatable bonds is 9. The van der Waals surface area contributed by atoms with E-state index in [1.807, 2.05) is 38.1 Å². The molecule has 0 radical (unpaired) electrons. The van der Waals surface area contributed by atoms with E-state index >= 15 is 0 Å². The van der Waals surface area contributed by atoms with Gasteiger partial charge in [-0.05, 0) is 38.0 Å². The Balaban J connectivity index is 1.83. The van der Waals surface area contributed by atoms with Crippen molar-refractivity contribution in [2.45, 2.75) is 39.7 Å². The Labute approximate surface area is 152 Å². The van der Waals surface area contributed by atoms with Crippen LogP contribution in [0.5, 0.6) is 5.75 Å². The van der Waals surface area contributed by atoms with Crippen LogP contribution in [0.2, 0.25) is 0 Å². The fourth-order valence-corrected chi connectivity index (χ4v) is 2.47. The van der Waals surface area contributed by atoms with Crippen LogP contribution in [0, 0.1) is 13.8 Å². The average Bonchev–Trinajstić information content (AvgIpc) is 2.92. The van der Waals surface area contributed by atoms with Gasteiger partial charge in [0, 0.05) is 20.0 Å². The molecule has 1 N–H and O–H groups in total. The zero-order valence-electron chi connectivity index (χ0n) is 15.3. The monoisotopic (exact) mass is 360 g/mol. The highest BCUT2D eigenvalue weighted by atomic mass is 16.5. The minimum Gasteiger partial charge on any atom is -0.489 e. The molecular formula is C19H24N2O5. The number of carboxylic acids is 1. The molecule has 2 aromatic rings. The van der Waals surface area contributed by atoms with Crippen LogP contribution < -0.4 is 4.74 Å². The molecule has 0 aliphatic heterocycles. The fourth-order valence-electron chi connectivity index (χ4n) is 2.47. The number of carboxylic acid groups (broad SMARTS) is 1. The third kappa shape index (κ3) is 5.61. The van der Waals surface area contributed by atoms with Crippen molar-refractivity contribution < 1.29 is 24.0 Å². The summed E-state index contributed by atoms with van der Waals surface area (Å²) in [6.07, 6.45) is 0.786. The van der Waals surface area contributed by atoms with Crippen LogP contribution in [0.15, 0.2) is 28.8 Å². The number of hydrogen-bond donors (Lipinski definition) is 1. The number of aliphatic carboxylic acids is 1. The van der Waals surface area contributed by atoms with Crippen molar-refractivity contribution in [3.8, 4) is 5.75 Å². The number of carbonyl (C=O) groups excluding carboxylic acids is 1. The Morgan fingerprint density at radius 2 is 1.92 bits per heavy atom. The largest absolute Gasteiger partial charge is 0.489 e. The molecular weight excluding hydrogens is 336 g/mol. The van der Waals surface area contributed by atoms with E-state index in [2.05, 4.69) is 5.16 Å². The zero-order chi connectivity index (χ0) is 19.1. The van der Waals surface area contributed by atoms with Crippen LogP contribution in [0.1, 0.15) is 35.4 Å². The third-order valence-electron chi connectivity index (χ3n) is 4.15. The molecule has 0 aliphatic carbocycles. The Morgan fingerprint density at radius 3 is 2.50 bits per heavy atom. The molecule has 1 heterocycles. The van der Waals surface area contributed by atoms with Crippen molar-refractivity contribution in [3.63, 3.8) is 0 Å². The Hall–Kier alpha value is -2.83. The summed E-state index contributed by atoms with van der Waals surface area (Å²) in [4.78, 5) is 24.2. The molecule has 0 aliphatic rings. The molecule has 7 heteroatoms. The normalized spacial score (nSPS) is 10.6. The number of nitrogens with zero attached hydrogens (tertiary/aromatic N) is 2. The van der Waals surface area contributed by atoms with E-state index in [0.29, 0.717) is 25.3 Å². The van der Waals surface area contributed by atoms with E-state index in [-0.39, 0.29) is 18.7 Å². The maximum Gasteiger partial charge on any atom is 0.303 e. The van der Waals surface area contributed by atoms with Gasteiger partial charge in [-0.3, -0.25) is 9.59 Å². The predicted octanol–water partition coefficient (Wildman–Crippen LogP) is 2.74. The van der Waals surface area contributed by atoms with Crippen LogP contribution in [0.4, 0.5) is 0 Å². The van der Waals surface area contributed by atoms with E-state index in [9.17, 15) is 9.59 Å². The SMILES string of the molecule is Cc1noc(C)c1COc1ccc(CC(=O)N(C)CCCC(=O)O)cc1. The van der Waals surface area contributed by atoms with E-state index in [1.165, 1.54) is 0 Å². The number of amides is 1. The summed E-state index contributed by atoms with van der Waals surface area (Å²) < 4.78 is 10.8. The minimum absolute atomic E-state index is 0.0419. The summed E-state index contributed by atoms with van der Waals surface area (Å²) in [5.41, 5.74) is 2.63. The smallest absolute Gasteiger partial charge is 0.303 e. The lowest BCUT2D eigenvalue weighted by molar-refractivity contribution is -0.138. The molecule has 26 heavy (non-hydrogen) atoms. The van der Waals surface area contributed by atoms with Gasteiger partial charge in [0.15, 0.2) is 0 Å². The van der Waals surface area contributed by atoms with E-state index in [0.717, 1.165) is 22.6 Å². The summed E-state index contributed by atoms with van der Waals surface area (Å²) in [6, 6.07) is 7.35. The van der Waals surface area contributed by atoms with E-state index in [4.69, 9.17) is 14.4 Å². The first-order valence-electron chi connectivity index (χ1n) is 8.46. The number of benzene rings is 1. The van der Waals surface area contributed by atoms with Crippen LogP contribution in [0.25, 0.3) is 0 Å². The van der Waals surface area contributed by atoms with Gasteiger partial charge in [0.2, 0.25) is 5.91 Å². The number of ether oxygens (including phenoxy) is 1. The van der Waals surface area contributed by atoms with Gasteiger partial charge >= 0.3 is 5.97 Å². The van der Waals surface area contributed by atoms with Crippen molar-refractivity contribution in [1.82, 2.24) is 10.1 Å². The first kappa shape index (κ1) is 19.5. The van der Waals surface area contributed by atoms with Gasteiger partial charge in [-0.1, -0.05) is 17.3 Å². The number of likely N-dealkylation sites (N-methyl/N-ethyl adjacent to an activating group) is 1. The first-order chi connectivity index (χ1) is 12.4. The predicted molar refractivity (Wildman–Crippen MR) is 95.0 cm³/mol. The Morgan fingerprint density at radius 1 is 1.23 bits per heavy atom. The number of aryl methyl sites for hydroxylation is 2. The van der Waals surface area contributed by atoms with Gasteiger partial charge in [-0.2, -0.15) is 0 Å². The van der Waals surface area contributed by atoms with Crippen molar-refractivity contribution in [3.05, 3.63) is 46.8 Å². The standard InChI is InChI=1S/C19H24N2O5/c1-13-17(14(2)26-20-13)12-25-16-8-6-15(7-9-16)11-18(22)21(3)10-4-5-19(23)24/h6-9H,4-5,10-12H2,1-3H3,(H,23,24). The van der Waals surface area contributed by atoms with Gasteiger partial charge in [0.1, 0.15) is 18.1 Å². The maximum absolute atomic E-state index is 12.2. The van der Waals surface area contributed by atoms with Crippen molar-refractivity contribution in [1.29, 1.82) is 0 Å². The molecule has 0 saturated carbocycles. The molecule has 1 aromatic carbocycles. The van der Waals surface area contributed by atoms with Crippen LogP contribution in [-0.4, -0.2) is 40.6 Å². The highest BCUT2D eigenvalue weighted by molar-refractivity contribution is 5.78. The lowest BCUT2D eigenvalue weighted by atomic mass is 10.1. The zero-order valence-corrected chi connectivity index (χ0v) is 15.3. The molecule has 2 rings (SSSR count). The second-order valence-electron chi connectivity index (χ2n) is 6.22. The van der Waals surface area contributed by atoms with Crippen molar-refractivity contribution >= 4 is 11.9 Å². The van der Waals surface area contributed by atoms with Crippen LogP contribution in [-0.2, 0) is 22.6 Å². The molecule has 0 atom stereocenters. The Kier molecular flexibility index (Phi) is 6.77. The quantitative estimate of drug-likeness (QED) is 0.739. The molecule has 1 amide bonds. The lowest BCUT2D eigenvalue weighted by Crippen LogP contribution is -2.29. The summed E-state index contributed by atoms with van der Waals surface area (Å²) in [5.74, 6) is 0.560. The summed E-state index contributed by atoms with van der Waals surface area (Å²) in [7, 11) is 1.69. The van der Waals surface area contributed by atoms with Gasteiger partial charge in [0.25, 0.3) is 0 Å². The highest BCUT2D eigenvalue weighted by Gasteiger charge is 2.11. The Bertz CT molecular complexity index is 732. The molecule has 0 bridgehead atoms. The summed E-state index contributed by atoms with van der Waals surface area (Å²) in [5, 5.41) is 12.5. The molecule has 0 unspecified atom stereocenters. The third-order valence-corrected chi connectivity index (χ3v) is 4.15. The molecule has 0 saturated heterocycles. The average molecular weight is 360 g/mol. The van der Waals surface area contributed by atoms with E-state index < -0.39 is 5.97 Å². The molecule has 0 fully saturated rings. The van der Waals surface area contributed by atoms with Crippen LogP contribution >= 0.6 is 0 Å². The van der Waals surface area contributed by atoms with Crippen LogP contribution in [0.3, 0.4) is 0 Å². The molecule has 0 spiro atoms. The number of carbonyl (C=O) groups is 2. The summed E-state index contributed by atoms with van der Waals surface area (Å²) >= 11 is 0. The fraction of sp³-hybridized carbons (Fsp3) is 0.421. The van der Waals surface area contributed by atoms with E-state index in [1.54, 1.807) is 11.9 Å². The summed E-state index contributed by atoms with van der Waals surface area (Å²) in [6.45, 7) is 4.53. The molecule has 7 nitrogen and oxygen atoms in total. The maximum atomic E-state index is 12.2. The van der Waals surface area contributed by atoms with Crippen molar-refractivity contribution in [2.75, 3.05) is 13.6 Å². The first-order valence-corrected chi connectivity index (χ1v) is 8.46.